The quantitative estimate of drug-likeness (QED) is 0.879. The Hall–Kier alpha value is -2.30. The highest BCUT2D eigenvalue weighted by Crippen LogP contribution is 2.18. The highest BCUT2D eigenvalue weighted by atomic mass is 16.5. The minimum absolute atomic E-state index is 0.0453. The van der Waals surface area contributed by atoms with E-state index in [1.54, 1.807) is 22.9 Å². The molecule has 0 aromatic carbocycles. The Morgan fingerprint density at radius 2 is 2.17 bits per heavy atom. The van der Waals surface area contributed by atoms with Crippen LogP contribution in [-0.4, -0.2) is 16.2 Å². The fourth-order valence-corrected chi connectivity index (χ4v) is 1.59. The highest BCUT2D eigenvalue weighted by Gasteiger charge is 2.02. The molecule has 0 amide bonds. The van der Waals surface area contributed by atoms with Crippen LogP contribution in [0.3, 0.4) is 0 Å². The molecule has 5 heteroatoms. The van der Waals surface area contributed by atoms with Gasteiger partial charge in [0.05, 0.1) is 6.54 Å². The molecule has 94 valence electrons. The maximum Gasteiger partial charge on any atom is 0.250 e. The van der Waals surface area contributed by atoms with Crippen LogP contribution in [0, 0.1) is 6.92 Å². The van der Waals surface area contributed by atoms with Gasteiger partial charge in [-0.2, -0.15) is 0 Å². The molecular formula is C13H15N3O2. The second-order valence-corrected chi connectivity index (χ2v) is 3.92. The molecular weight excluding hydrogens is 230 g/mol. The van der Waals surface area contributed by atoms with Gasteiger partial charge in [-0.1, -0.05) is 6.07 Å². The molecule has 5 nitrogen and oxygen atoms in total. The maximum absolute atomic E-state index is 11.4. The van der Waals surface area contributed by atoms with Crippen LogP contribution in [0.2, 0.25) is 0 Å². The third-order valence-electron chi connectivity index (χ3n) is 2.51. The van der Waals surface area contributed by atoms with Gasteiger partial charge in [0.25, 0.3) is 5.56 Å². The lowest BCUT2D eigenvalue weighted by Crippen LogP contribution is -2.21. The Balaban J connectivity index is 1.97. The first kappa shape index (κ1) is 12.2. The van der Waals surface area contributed by atoms with E-state index in [1.807, 2.05) is 19.1 Å². The van der Waals surface area contributed by atoms with Crippen LogP contribution in [0.5, 0.6) is 5.75 Å². The van der Waals surface area contributed by atoms with Gasteiger partial charge in [0.2, 0.25) is 0 Å². The van der Waals surface area contributed by atoms with Gasteiger partial charge in [-0.05, 0) is 25.1 Å². The third-order valence-corrected chi connectivity index (χ3v) is 2.51. The van der Waals surface area contributed by atoms with Gasteiger partial charge in [-0.15, -0.1) is 0 Å². The average molecular weight is 245 g/mol. The zero-order valence-corrected chi connectivity index (χ0v) is 10.2. The van der Waals surface area contributed by atoms with Crippen LogP contribution < -0.4 is 16.0 Å². The fourth-order valence-electron chi connectivity index (χ4n) is 1.59. The molecule has 0 spiro atoms. The zero-order chi connectivity index (χ0) is 13.0. The average Bonchev–Trinajstić information content (AvgIpc) is 2.34. The van der Waals surface area contributed by atoms with E-state index >= 15 is 0 Å². The second-order valence-electron chi connectivity index (χ2n) is 3.92. The van der Waals surface area contributed by atoms with Crippen LogP contribution in [0.1, 0.15) is 5.69 Å². The van der Waals surface area contributed by atoms with Crippen molar-refractivity contribution < 1.29 is 4.74 Å². The first-order valence-corrected chi connectivity index (χ1v) is 5.68. The number of aromatic nitrogens is 2. The summed E-state index contributed by atoms with van der Waals surface area (Å²) in [6, 6.07) is 8.65. The maximum atomic E-state index is 11.4. The molecule has 2 aromatic heterocycles. The summed E-state index contributed by atoms with van der Waals surface area (Å²) in [4.78, 5) is 15.5. The van der Waals surface area contributed by atoms with Crippen molar-refractivity contribution in [3.05, 3.63) is 52.6 Å². The highest BCUT2D eigenvalue weighted by molar-refractivity contribution is 5.46. The number of anilines is 1. The van der Waals surface area contributed by atoms with Gasteiger partial charge < -0.3 is 15.0 Å². The first-order chi connectivity index (χ1) is 8.66. The number of hydrogen-bond donors (Lipinski definition) is 1. The molecule has 0 atom stereocenters. The Kier molecular flexibility index (Phi) is 3.62. The normalized spacial score (nSPS) is 10.3. The van der Waals surface area contributed by atoms with Crippen LogP contribution in [0.4, 0.5) is 5.82 Å². The van der Waals surface area contributed by atoms with Crippen LogP contribution in [0.25, 0.3) is 0 Å². The topological polar surface area (TPSA) is 70.1 Å². The fraction of sp³-hybridized carbons (Fsp3) is 0.231. The number of nitrogens with zero attached hydrogens (tertiary/aromatic N) is 2. The molecule has 18 heavy (non-hydrogen) atoms. The van der Waals surface area contributed by atoms with E-state index in [0.717, 1.165) is 5.69 Å². The number of rotatable bonds is 4. The lowest BCUT2D eigenvalue weighted by molar-refractivity contribution is 0.297. The van der Waals surface area contributed by atoms with Gasteiger partial charge in [-0.25, -0.2) is 4.98 Å². The monoisotopic (exact) mass is 245 g/mol. The summed E-state index contributed by atoms with van der Waals surface area (Å²) >= 11 is 0. The van der Waals surface area contributed by atoms with Crippen molar-refractivity contribution in [3.63, 3.8) is 0 Å². The molecule has 2 heterocycles. The summed E-state index contributed by atoms with van der Waals surface area (Å²) in [5, 5.41) is 0. The van der Waals surface area contributed by atoms with Gasteiger partial charge in [-0.3, -0.25) is 4.79 Å². The van der Waals surface area contributed by atoms with E-state index in [0.29, 0.717) is 24.7 Å². The predicted molar refractivity (Wildman–Crippen MR) is 69.6 cm³/mol. The molecule has 0 unspecified atom stereocenters. The summed E-state index contributed by atoms with van der Waals surface area (Å²) < 4.78 is 7.08. The van der Waals surface area contributed by atoms with Crippen molar-refractivity contribution in [2.75, 3.05) is 12.3 Å². The zero-order valence-electron chi connectivity index (χ0n) is 10.2. The number of ether oxygens (including phenoxy) is 1. The molecule has 0 bridgehead atoms. The Morgan fingerprint density at radius 3 is 2.89 bits per heavy atom. The van der Waals surface area contributed by atoms with Crippen molar-refractivity contribution in [1.82, 2.24) is 9.55 Å². The summed E-state index contributed by atoms with van der Waals surface area (Å²) in [6.07, 6.45) is 1.72. The van der Waals surface area contributed by atoms with Crippen molar-refractivity contribution in [2.45, 2.75) is 13.5 Å². The van der Waals surface area contributed by atoms with Gasteiger partial charge in [0.1, 0.15) is 6.61 Å². The van der Waals surface area contributed by atoms with Crippen LogP contribution in [-0.2, 0) is 6.54 Å². The molecule has 0 aliphatic rings. The Labute approximate surface area is 105 Å². The molecule has 0 radical (unpaired) electrons. The number of nitrogens with two attached hydrogens (primary N) is 1. The number of aryl methyl sites for hydroxylation is 1. The van der Waals surface area contributed by atoms with Crippen molar-refractivity contribution in [2.24, 2.45) is 0 Å². The van der Waals surface area contributed by atoms with E-state index in [1.165, 1.54) is 6.07 Å². The molecule has 0 fully saturated rings. The largest absolute Gasteiger partial charge is 0.488 e. The summed E-state index contributed by atoms with van der Waals surface area (Å²) in [5.74, 6) is 0.917. The molecule has 0 saturated heterocycles. The predicted octanol–water partition coefficient (Wildman–Crippen LogP) is 1.21. The van der Waals surface area contributed by atoms with E-state index in [4.69, 9.17) is 10.5 Å². The molecule has 0 saturated carbocycles. The van der Waals surface area contributed by atoms with Crippen molar-refractivity contribution >= 4 is 5.82 Å². The lowest BCUT2D eigenvalue weighted by Gasteiger charge is -2.09. The van der Waals surface area contributed by atoms with Crippen molar-refractivity contribution in [1.29, 1.82) is 0 Å². The summed E-state index contributed by atoms with van der Waals surface area (Å²) in [6.45, 7) is 2.72. The van der Waals surface area contributed by atoms with E-state index in [2.05, 4.69) is 4.98 Å². The van der Waals surface area contributed by atoms with Crippen LogP contribution >= 0.6 is 0 Å². The number of hydrogen-bond acceptors (Lipinski definition) is 4. The summed E-state index contributed by atoms with van der Waals surface area (Å²) in [5.41, 5.74) is 6.53. The SMILES string of the molecule is Cc1ccc(OCCn2ccccc2=O)c(N)n1. The van der Waals surface area contributed by atoms with Gasteiger partial charge >= 0.3 is 0 Å². The number of pyridine rings is 2. The second kappa shape index (κ2) is 5.35. The van der Waals surface area contributed by atoms with E-state index < -0.39 is 0 Å². The molecule has 2 aromatic rings. The minimum Gasteiger partial charge on any atom is -0.488 e. The molecule has 2 N–H and O–H groups in total. The van der Waals surface area contributed by atoms with Crippen LogP contribution in [0.15, 0.2) is 41.3 Å². The standard InChI is InChI=1S/C13H15N3O2/c1-10-5-6-11(13(14)15-10)18-9-8-16-7-3-2-4-12(16)17/h2-7H,8-9H2,1H3,(H2,14,15). The third kappa shape index (κ3) is 2.88. The van der Waals surface area contributed by atoms with Gasteiger partial charge in [0, 0.05) is 18.0 Å². The lowest BCUT2D eigenvalue weighted by atomic mass is 10.3. The number of nitrogen functional groups attached to an aromatic ring is 1. The summed E-state index contributed by atoms with van der Waals surface area (Å²) in [7, 11) is 0. The van der Waals surface area contributed by atoms with Gasteiger partial charge in [0.15, 0.2) is 11.6 Å². The minimum atomic E-state index is -0.0453. The van der Waals surface area contributed by atoms with Crippen molar-refractivity contribution in [3.8, 4) is 5.75 Å². The Morgan fingerprint density at radius 1 is 1.33 bits per heavy atom. The molecule has 0 aliphatic heterocycles. The first-order valence-electron chi connectivity index (χ1n) is 5.68. The molecule has 2 rings (SSSR count). The van der Waals surface area contributed by atoms with E-state index in [9.17, 15) is 4.79 Å². The molecule has 0 aliphatic carbocycles. The Bertz CT molecular complexity index is 593. The van der Waals surface area contributed by atoms with E-state index in [-0.39, 0.29) is 5.56 Å². The smallest absolute Gasteiger partial charge is 0.250 e.